The van der Waals surface area contributed by atoms with E-state index in [9.17, 15) is 9.59 Å². The van der Waals surface area contributed by atoms with Gasteiger partial charge in [0.05, 0.1) is 19.1 Å². The van der Waals surface area contributed by atoms with Crippen LogP contribution >= 0.6 is 0 Å². The Labute approximate surface area is 158 Å². The monoisotopic (exact) mass is 368 g/mol. The molecule has 6 heteroatoms. The van der Waals surface area contributed by atoms with Crippen LogP contribution in [0, 0.1) is 0 Å². The maximum atomic E-state index is 12.1. The Morgan fingerprint density at radius 1 is 1.07 bits per heavy atom. The first kappa shape index (κ1) is 18.9. The van der Waals surface area contributed by atoms with E-state index in [4.69, 9.17) is 9.47 Å². The molecule has 2 aromatic carbocycles. The maximum absolute atomic E-state index is 12.1. The van der Waals surface area contributed by atoms with Crippen LogP contribution in [0.25, 0.3) is 0 Å². The van der Waals surface area contributed by atoms with Crippen molar-refractivity contribution in [3.63, 3.8) is 0 Å². The summed E-state index contributed by atoms with van der Waals surface area (Å²) in [6, 6.07) is 16.6. The molecule has 1 fully saturated rings. The lowest BCUT2D eigenvalue weighted by atomic mass is 10.1. The van der Waals surface area contributed by atoms with Crippen LogP contribution in [0.15, 0.2) is 54.6 Å². The molecule has 3 rings (SSSR count). The Kier molecular flexibility index (Phi) is 6.82. The number of nitrogens with one attached hydrogen (secondary N) is 2. The number of amides is 2. The van der Waals surface area contributed by atoms with Crippen molar-refractivity contribution in [3.8, 4) is 5.75 Å². The van der Waals surface area contributed by atoms with E-state index in [2.05, 4.69) is 10.6 Å². The van der Waals surface area contributed by atoms with E-state index < -0.39 is 0 Å². The normalized spacial score (nSPS) is 15.9. The number of anilines is 1. The first-order valence-corrected chi connectivity index (χ1v) is 9.14. The van der Waals surface area contributed by atoms with Gasteiger partial charge in [0.25, 0.3) is 0 Å². The maximum Gasteiger partial charge on any atom is 0.243 e. The van der Waals surface area contributed by atoms with E-state index in [1.54, 1.807) is 12.1 Å². The molecule has 2 N–H and O–H groups in total. The van der Waals surface area contributed by atoms with E-state index in [0.717, 1.165) is 25.0 Å². The minimum Gasteiger partial charge on any atom is -0.491 e. The number of rotatable bonds is 8. The van der Waals surface area contributed by atoms with E-state index in [-0.39, 0.29) is 30.9 Å². The fraction of sp³-hybridized carbons (Fsp3) is 0.333. The summed E-state index contributed by atoms with van der Waals surface area (Å²) >= 11 is 0. The molecular weight excluding hydrogens is 344 g/mol. The zero-order chi connectivity index (χ0) is 18.9. The summed E-state index contributed by atoms with van der Waals surface area (Å²) < 4.78 is 11.3. The largest absolute Gasteiger partial charge is 0.491 e. The van der Waals surface area contributed by atoms with Crippen LogP contribution in [-0.2, 0) is 20.7 Å². The zero-order valence-corrected chi connectivity index (χ0v) is 15.1. The topological polar surface area (TPSA) is 76.7 Å². The molecule has 27 heavy (non-hydrogen) atoms. The second kappa shape index (κ2) is 9.73. The molecule has 1 heterocycles. The Morgan fingerprint density at radius 2 is 1.93 bits per heavy atom. The smallest absolute Gasteiger partial charge is 0.243 e. The van der Waals surface area contributed by atoms with Gasteiger partial charge in [-0.25, -0.2) is 0 Å². The fourth-order valence-corrected chi connectivity index (χ4v) is 2.86. The van der Waals surface area contributed by atoms with Crippen LogP contribution in [0.3, 0.4) is 0 Å². The molecular formula is C21H24N2O4. The lowest BCUT2D eigenvalue weighted by Crippen LogP contribution is -2.33. The van der Waals surface area contributed by atoms with Gasteiger partial charge < -0.3 is 20.1 Å². The van der Waals surface area contributed by atoms with Gasteiger partial charge in [-0.2, -0.15) is 0 Å². The van der Waals surface area contributed by atoms with Crippen molar-refractivity contribution in [2.24, 2.45) is 0 Å². The van der Waals surface area contributed by atoms with Crippen molar-refractivity contribution >= 4 is 17.5 Å². The van der Waals surface area contributed by atoms with Crippen LogP contribution in [0.2, 0.25) is 0 Å². The highest BCUT2D eigenvalue weighted by atomic mass is 16.5. The molecule has 142 valence electrons. The van der Waals surface area contributed by atoms with Gasteiger partial charge in [-0.1, -0.05) is 36.4 Å². The Balaban J connectivity index is 1.41. The van der Waals surface area contributed by atoms with Gasteiger partial charge in [-0.05, 0) is 30.5 Å². The number of carbonyl (C=O) groups excluding carboxylic acids is 2. The van der Waals surface area contributed by atoms with Crippen molar-refractivity contribution in [3.05, 3.63) is 60.2 Å². The number of benzene rings is 2. The van der Waals surface area contributed by atoms with Gasteiger partial charge in [0.2, 0.25) is 11.8 Å². The molecule has 1 aliphatic rings. The fourth-order valence-electron chi connectivity index (χ4n) is 2.86. The highest BCUT2D eigenvalue weighted by molar-refractivity contribution is 5.94. The Hall–Kier alpha value is -2.86. The first-order valence-electron chi connectivity index (χ1n) is 9.14. The molecule has 1 aliphatic heterocycles. The molecule has 0 spiro atoms. The van der Waals surface area contributed by atoms with Gasteiger partial charge in [0, 0.05) is 18.4 Å². The molecule has 0 aromatic heterocycles. The molecule has 0 aliphatic carbocycles. The molecule has 1 atom stereocenters. The standard InChI is InChI=1S/C21H24N2O4/c24-20(12-16-6-2-1-3-7-16)22-14-21(25)23-17-8-4-9-18(13-17)27-15-19-10-5-11-26-19/h1-4,6-9,13,19H,5,10-12,14-15H2,(H,22,24)(H,23,25). The van der Waals surface area contributed by atoms with E-state index in [1.165, 1.54) is 0 Å². The molecule has 0 saturated carbocycles. The second-order valence-electron chi connectivity index (χ2n) is 6.46. The van der Waals surface area contributed by atoms with Crippen molar-refractivity contribution in [2.45, 2.75) is 25.4 Å². The van der Waals surface area contributed by atoms with Gasteiger partial charge in [0.1, 0.15) is 12.4 Å². The van der Waals surface area contributed by atoms with E-state index in [1.807, 2.05) is 42.5 Å². The number of hydrogen-bond acceptors (Lipinski definition) is 4. The predicted molar refractivity (Wildman–Crippen MR) is 103 cm³/mol. The number of hydrogen-bond donors (Lipinski definition) is 2. The zero-order valence-electron chi connectivity index (χ0n) is 15.1. The second-order valence-corrected chi connectivity index (χ2v) is 6.46. The number of carbonyl (C=O) groups is 2. The average Bonchev–Trinajstić information content (AvgIpc) is 3.20. The van der Waals surface area contributed by atoms with E-state index in [0.29, 0.717) is 18.0 Å². The van der Waals surface area contributed by atoms with Crippen LogP contribution in [0.5, 0.6) is 5.75 Å². The third-order valence-electron chi connectivity index (χ3n) is 4.23. The Bertz CT molecular complexity index is 758. The van der Waals surface area contributed by atoms with Gasteiger partial charge in [-0.3, -0.25) is 9.59 Å². The van der Waals surface area contributed by atoms with Crippen molar-refractivity contribution < 1.29 is 19.1 Å². The predicted octanol–water partition coefficient (Wildman–Crippen LogP) is 2.54. The Morgan fingerprint density at radius 3 is 2.70 bits per heavy atom. The quantitative estimate of drug-likeness (QED) is 0.751. The highest BCUT2D eigenvalue weighted by Crippen LogP contribution is 2.19. The summed E-state index contributed by atoms with van der Waals surface area (Å²) in [4.78, 5) is 24.0. The van der Waals surface area contributed by atoms with Gasteiger partial charge >= 0.3 is 0 Å². The third kappa shape index (κ3) is 6.42. The molecule has 1 saturated heterocycles. The summed E-state index contributed by atoms with van der Waals surface area (Å²) in [5.41, 5.74) is 1.54. The lowest BCUT2D eigenvalue weighted by Gasteiger charge is -2.12. The molecule has 2 amide bonds. The molecule has 0 radical (unpaired) electrons. The van der Waals surface area contributed by atoms with Gasteiger partial charge in [-0.15, -0.1) is 0 Å². The van der Waals surface area contributed by atoms with Crippen molar-refractivity contribution in [2.75, 3.05) is 25.1 Å². The van der Waals surface area contributed by atoms with Crippen molar-refractivity contribution in [1.82, 2.24) is 5.32 Å². The summed E-state index contributed by atoms with van der Waals surface area (Å²) in [7, 11) is 0. The van der Waals surface area contributed by atoms with Crippen LogP contribution in [-0.4, -0.2) is 37.7 Å². The lowest BCUT2D eigenvalue weighted by molar-refractivity contribution is -0.123. The summed E-state index contributed by atoms with van der Waals surface area (Å²) in [6.45, 7) is 1.22. The SMILES string of the molecule is O=C(Cc1ccccc1)NCC(=O)Nc1cccc(OCC2CCCO2)c1. The number of ether oxygens (including phenoxy) is 2. The van der Waals surface area contributed by atoms with Crippen LogP contribution in [0.4, 0.5) is 5.69 Å². The van der Waals surface area contributed by atoms with Crippen LogP contribution in [0.1, 0.15) is 18.4 Å². The summed E-state index contributed by atoms with van der Waals surface area (Å²) in [5.74, 6) is 0.203. The summed E-state index contributed by atoms with van der Waals surface area (Å²) in [5, 5.41) is 5.39. The molecule has 2 aromatic rings. The molecule has 1 unspecified atom stereocenters. The third-order valence-corrected chi connectivity index (χ3v) is 4.23. The minimum absolute atomic E-state index is 0.0767. The molecule has 0 bridgehead atoms. The summed E-state index contributed by atoms with van der Waals surface area (Å²) in [6.07, 6.45) is 2.47. The highest BCUT2D eigenvalue weighted by Gasteiger charge is 2.16. The minimum atomic E-state index is -0.285. The molecule has 6 nitrogen and oxygen atoms in total. The van der Waals surface area contributed by atoms with Gasteiger partial charge in [0.15, 0.2) is 0 Å². The van der Waals surface area contributed by atoms with E-state index >= 15 is 0 Å². The average molecular weight is 368 g/mol. The van der Waals surface area contributed by atoms with Crippen molar-refractivity contribution in [1.29, 1.82) is 0 Å². The van der Waals surface area contributed by atoms with Crippen LogP contribution < -0.4 is 15.4 Å². The first-order chi connectivity index (χ1) is 13.2.